The van der Waals surface area contributed by atoms with Gasteiger partial charge in [0.25, 0.3) is 0 Å². The quantitative estimate of drug-likeness (QED) is 0.0910. The third-order valence-electron chi connectivity index (χ3n) is 8.82. The van der Waals surface area contributed by atoms with Crippen molar-refractivity contribution in [1.82, 2.24) is 0 Å². The molecule has 1 aromatic rings. The highest BCUT2D eigenvalue weighted by Gasteiger charge is 2.07. The lowest BCUT2D eigenvalue weighted by Gasteiger charge is -2.14. The van der Waals surface area contributed by atoms with Gasteiger partial charge in [-0.2, -0.15) is 0 Å². The van der Waals surface area contributed by atoms with Gasteiger partial charge in [-0.1, -0.05) is 193 Å². The largest absolute Gasteiger partial charge is 0.0654 e. The molecule has 0 nitrogen and oxygen atoms in total. The van der Waals surface area contributed by atoms with Crippen LogP contribution in [-0.4, -0.2) is 0 Å². The molecule has 0 aliphatic rings. The van der Waals surface area contributed by atoms with Crippen LogP contribution < -0.4 is 0 Å². The first-order chi connectivity index (χ1) is 18.8. The zero-order valence-electron chi connectivity index (χ0n) is 26.7. The molecule has 0 saturated heterocycles. The predicted octanol–water partition coefficient (Wildman–Crippen LogP) is 13.5. The minimum absolute atomic E-state index is 1.21. The molecule has 1 rings (SSSR count). The zero-order valence-corrected chi connectivity index (χ0v) is 26.7. The Morgan fingerprint density at radius 3 is 0.868 bits per heavy atom. The van der Waals surface area contributed by atoms with E-state index in [4.69, 9.17) is 0 Å². The van der Waals surface area contributed by atoms with E-state index in [1.165, 1.54) is 186 Å². The summed E-state index contributed by atoms with van der Waals surface area (Å²) in [6.45, 7) is 6.98. The topological polar surface area (TPSA) is 0 Å². The van der Waals surface area contributed by atoms with Gasteiger partial charge in [-0.05, 0) is 48.8 Å². The van der Waals surface area contributed by atoms with Crippen LogP contribution in [0, 0.1) is 0 Å². The highest BCUT2D eigenvalue weighted by molar-refractivity contribution is 5.35. The average molecular weight is 527 g/mol. The van der Waals surface area contributed by atoms with Crippen LogP contribution >= 0.6 is 0 Å². The molecule has 0 heterocycles. The maximum Gasteiger partial charge on any atom is -0.0276 e. The van der Waals surface area contributed by atoms with E-state index < -0.39 is 0 Å². The number of hydrogen-bond donors (Lipinski definition) is 0. The summed E-state index contributed by atoms with van der Waals surface area (Å²) in [6, 6.07) is 7.19. The molecule has 0 spiro atoms. The minimum Gasteiger partial charge on any atom is -0.0654 e. The van der Waals surface area contributed by atoms with Crippen molar-refractivity contribution in [3.63, 3.8) is 0 Å². The normalized spacial score (nSPS) is 11.4. The molecule has 0 aliphatic carbocycles. The zero-order chi connectivity index (χ0) is 27.4. The fourth-order valence-electron chi connectivity index (χ4n) is 6.28. The molecule has 0 N–H and O–H groups in total. The van der Waals surface area contributed by atoms with Gasteiger partial charge in [0, 0.05) is 0 Å². The molecular formula is C38H70. The van der Waals surface area contributed by atoms with Crippen molar-refractivity contribution in [3.8, 4) is 0 Å². The molecule has 38 heavy (non-hydrogen) atoms. The number of hydrogen-bond acceptors (Lipinski definition) is 0. The van der Waals surface area contributed by atoms with E-state index >= 15 is 0 Å². The predicted molar refractivity (Wildman–Crippen MR) is 175 cm³/mol. The monoisotopic (exact) mass is 527 g/mol. The Bertz CT molecular complexity index is 552. The summed E-state index contributed by atoms with van der Waals surface area (Å²) >= 11 is 0. The Labute approximate surface area is 241 Å². The van der Waals surface area contributed by atoms with Gasteiger partial charge < -0.3 is 0 Å². The lowest BCUT2D eigenvalue weighted by Crippen LogP contribution is -2.00. The van der Waals surface area contributed by atoms with Crippen molar-refractivity contribution in [3.05, 3.63) is 34.9 Å². The van der Waals surface area contributed by atoms with Crippen LogP contribution in [-0.2, 0) is 19.3 Å². The van der Waals surface area contributed by atoms with E-state index in [0.29, 0.717) is 0 Å². The van der Waals surface area contributed by atoms with Crippen molar-refractivity contribution in [2.24, 2.45) is 0 Å². The first kappa shape index (κ1) is 35.2. The first-order valence-corrected chi connectivity index (χ1v) is 17.9. The standard InChI is InChI=1S/C38H70/c1-4-7-9-11-13-15-17-19-21-23-25-27-29-32-36-34-31-35-37(38(36)6-3)33-30-28-26-24-22-20-18-16-14-12-10-8-5-2/h31,34-35H,4-30,32-33H2,1-3H3. The molecule has 0 radical (unpaired) electrons. The van der Waals surface area contributed by atoms with Crippen molar-refractivity contribution in [2.75, 3.05) is 0 Å². The van der Waals surface area contributed by atoms with E-state index in [2.05, 4.69) is 39.0 Å². The third kappa shape index (κ3) is 20.2. The molecular weight excluding hydrogens is 456 g/mol. The smallest absolute Gasteiger partial charge is 0.0276 e. The Morgan fingerprint density at radius 1 is 0.342 bits per heavy atom. The van der Waals surface area contributed by atoms with E-state index in [9.17, 15) is 0 Å². The van der Waals surface area contributed by atoms with Crippen molar-refractivity contribution in [1.29, 1.82) is 0 Å². The fraction of sp³-hybridized carbons (Fsp3) is 0.842. The summed E-state index contributed by atoms with van der Waals surface area (Å²) in [5.41, 5.74) is 5.00. The second-order valence-electron chi connectivity index (χ2n) is 12.4. The van der Waals surface area contributed by atoms with Crippen molar-refractivity contribution in [2.45, 2.75) is 207 Å². The summed E-state index contributed by atoms with van der Waals surface area (Å²) in [6.07, 6.45) is 41.3. The maximum atomic E-state index is 2.42. The summed E-state index contributed by atoms with van der Waals surface area (Å²) in [5, 5.41) is 0. The molecule has 0 amide bonds. The highest BCUT2D eigenvalue weighted by Crippen LogP contribution is 2.22. The second kappa shape index (κ2) is 27.8. The van der Waals surface area contributed by atoms with E-state index in [1.54, 1.807) is 16.7 Å². The van der Waals surface area contributed by atoms with Crippen molar-refractivity contribution < 1.29 is 0 Å². The molecule has 0 unspecified atom stereocenters. The fourth-order valence-corrected chi connectivity index (χ4v) is 6.28. The Kier molecular flexibility index (Phi) is 25.8. The van der Waals surface area contributed by atoms with Crippen LogP contribution in [0.5, 0.6) is 0 Å². The molecule has 0 aliphatic heterocycles. The molecule has 0 atom stereocenters. The average Bonchev–Trinajstić information content (AvgIpc) is 2.93. The third-order valence-corrected chi connectivity index (χ3v) is 8.82. The van der Waals surface area contributed by atoms with Crippen LogP contribution in [0.15, 0.2) is 18.2 Å². The Hall–Kier alpha value is -0.780. The lowest BCUT2D eigenvalue weighted by atomic mass is 9.92. The van der Waals surface area contributed by atoms with Crippen LogP contribution in [0.1, 0.15) is 204 Å². The van der Waals surface area contributed by atoms with Crippen LogP contribution in [0.4, 0.5) is 0 Å². The van der Waals surface area contributed by atoms with Gasteiger partial charge in [0.05, 0.1) is 0 Å². The van der Waals surface area contributed by atoms with Gasteiger partial charge in [0.1, 0.15) is 0 Å². The van der Waals surface area contributed by atoms with E-state index in [0.717, 1.165) is 0 Å². The second-order valence-corrected chi connectivity index (χ2v) is 12.4. The Balaban J connectivity index is 2.05. The number of aryl methyl sites for hydroxylation is 2. The summed E-state index contributed by atoms with van der Waals surface area (Å²) < 4.78 is 0. The number of benzene rings is 1. The molecule has 0 fully saturated rings. The van der Waals surface area contributed by atoms with Gasteiger partial charge in [-0.15, -0.1) is 0 Å². The molecule has 1 aromatic carbocycles. The van der Waals surface area contributed by atoms with Crippen LogP contribution in [0.25, 0.3) is 0 Å². The molecule has 222 valence electrons. The summed E-state index contributed by atoms with van der Waals surface area (Å²) in [5.74, 6) is 0. The highest BCUT2D eigenvalue weighted by atomic mass is 14.1. The van der Waals surface area contributed by atoms with E-state index in [1.807, 2.05) is 0 Å². The first-order valence-electron chi connectivity index (χ1n) is 17.9. The molecule has 0 bridgehead atoms. The van der Waals surface area contributed by atoms with E-state index in [-0.39, 0.29) is 0 Å². The van der Waals surface area contributed by atoms with Gasteiger partial charge in [-0.25, -0.2) is 0 Å². The summed E-state index contributed by atoms with van der Waals surface area (Å²) in [4.78, 5) is 0. The summed E-state index contributed by atoms with van der Waals surface area (Å²) in [7, 11) is 0. The number of rotatable bonds is 29. The van der Waals surface area contributed by atoms with Crippen LogP contribution in [0.2, 0.25) is 0 Å². The van der Waals surface area contributed by atoms with Crippen LogP contribution in [0.3, 0.4) is 0 Å². The minimum atomic E-state index is 1.21. The van der Waals surface area contributed by atoms with Gasteiger partial charge in [0.2, 0.25) is 0 Å². The lowest BCUT2D eigenvalue weighted by molar-refractivity contribution is 0.538. The molecule has 0 saturated carbocycles. The SMILES string of the molecule is CCCCCCCCCCCCCCCc1cccc(CCCCCCCCCCCCCCC)c1CC. The maximum absolute atomic E-state index is 2.42. The van der Waals surface area contributed by atoms with Gasteiger partial charge in [0.15, 0.2) is 0 Å². The molecule has 0 heteroatoms. The number of unbranched alkanes of at least 4 members (excludes halogenated alkanes) is 24. The molecule has 0 aromatic heterocycles. The Morgan fingerprint density at radius 2 is 0.605 bits per heavy atom. The van der Waals surface area contributed by atoms with Crippen molar-refractivity contribution >= 4 is 0 Å². The van der Waals surface area contributed by atoms with Gasteiger partial charge >= 0.3 is 0 Å². The van der Waals surface area contributed by atoms with Gasteiger partial charge in [-0.3, -0.25) is 0 Å².